The van der Waals surface area contributed by atoms with Gasteiger partial charge in [-0.3, -0.25) is 4.79 Å². The molecule has 0 saturated carbocycles. The molecule has 6 heteroatoms. The summed E-state index contributed by atoms with van der Waals surface area (Å²) in [6.45, 7) is 3.38. The Balaban J connectivity index is 3.00. The first kappa shape index (κ1) is 16.2. The number of amides is 1. The Bertz CT molecular complexity index is 507. The summed E-state index contributed by atoms with van der Waals surface area (Å²) in [5.41, 5.74) is -0.881. The van der Waals surface area contributed by atoms with Crippen molar-refractivity contribution in [1.29, 1.82) is 0 Å². The number of carbonyl (C=O) groups is 2. The zero-order valence-electron chi connectivity index (χ0n) is 10.7. The maximum atomic E-state index is 12.2. The highest BCUT2D eigenvalue weighted by atomic mass is 127. The molecule has 0 aliphatic rings. The van der Waals surface area contributed by atoms with Crippen LogP contribution >= 0.6 is 34.2 Å². The van der Waals surface area contributed by atoms with Gasteiger partial charge in [0.15, 0.2) is 0 Å². The summed E-state index contributed by atoms with van der Waals surface area (Å²) in [4.78, 5) is 23.5. The second-order valence-electron chi connectivity index (χ2n) is 4.47. The molecule has 1 aromatic rings. The van der Waals surface area contributed by atoms with Crippen LogP contribution in [0.5, 0.6) is 0 Å². The first-order valence-electron chi connectivity index (χ1n) is 5.81. The monoisotopic (exact) mass is 395 g/mol. The van der Waals surface area contributed by atoms with Gasteiger partial charge in [0.2, 0.25) is 0 Å². The number of aliphatic carboxylic acids is 1. The lowest BCUT2D eigenvalue weighted by Gasteiger charge is -2.26. The highest BCUT2D eigenvalue weighted by Crippen LogP contribution is 2.20. The number of rotatable bonds is 5. The zero-order valence-corrected chi connectivity index (χ0v) is 13.6. The molecule has 1 amide bonds. The summed E-state index contributed by atoms with van der Waals surface area (Å²) >= 11 is 7.87. The molecule has 0 radical (unpaired) electrons. The summed E-state index contributed by atoms with van der Waals surface area (Å²) in [6.07, 6.45) is 1.03. The molecular formula is C13H15ClINO3. The van der Waals surface area contributed by atoms with E-state index in [1.807, 2.05) is 29.5 Å². The van der Waals surface area contributed by atoms with Crippen molar-refractivity contribution in [1.82, 2.24) is 5.32 Å². The lowest BCUT2D eigenvalue weighted by Crippen LogP contribution is -2.52. The van der Waals surface area contributed by atoms with Crippen molar-refractivity contribution in [3.05, 3.63) is 32.4 Å². The Kier molecular flexibility index (Phi) is 5.61. The third-order valence-corrected chi connectivity index (χ3v) is 3.96. The van der Waals surface area contributed by atoms with Crippen molar-refractivity contribution < 1.29 is 14.7 Å². The molecular weight excluding hydrogens is 381 g/mol. The number of carboxylic acids is 1. The Morgan fingerprint density at radius 3 is 2.63 bits per heavy atom. The molecule has 0 saturated heterocycles. The smallest absolute Gasteiger partial charge is 0.329 e. The SMILES string of the molecule is CCCC(C)(NC(=O)c1cc(Cl)ccc1I)C(=O)O. The first-order chi connectivity index (χ1) is 8.80. The number of hydrogen-bond acceptors (Lipinski definition) is 2. The third kappa shape index (κ3) is 4.07. The number of benzene rings is 1. The molecule has 104 valence electrons. The van der Waals surface area contributed by atoms with Crippen molar-refractivity contribution in [2.45, 2.75) is 32.2 Å². The molecule has 0 aliphatic carbocycles. The van der Waals surface area contributed by atoms with E-state index in [9.17, 15) is 14.7 Å². The largest absolute Gasteiger partial charge is 0.480 e. The maximum absolute atomic E-state index is 12.2. The molecule has 0 heterocycles. The van der Waals surface area contributed by atoms with Gasteiger partial charge in [-0.15, -0.1) is 0 Å². The molecule has 1 aromatic carbocycles. The van der Waals surface area contributed by atoms with Crippen LogP contribution in [-0.4, -0.2) is 22.5 Å². The Labute approximate surface area is 130 Å². The number of halogens is 2. The van der Waals surface area contributed by atoms with Crippen LogP contribution in [0.1, 0.15) is 37.0 Å². The van der Waals surface area contributed by atoms with Gasteiger partial charge < -0.3 is 10.4 Å². The number of hydrogen-bond donors (Lipinski definition) is 2. The van der Waals surface area contributed by atoms with E-state index in [2.05, 4.69) is 5.32 Å². The predicted octanol–water partition coefficient (Wildman–Crippen LogP) is 3.32. The van der Waals surface area contributed by atoms with Crippen molar-refractivity contribution in [3.63, 3.8) is 0 Å². The fraction of sp³-hybridized carbons (Fsp3) is 0.385. The van der Waals surface area contributed by atoms with Gasteiger partial charge in [0.1, 0.15) is 5.54 Å². The van der Waals surface area contributed by atoms with Gasteiger partial charge in [-0.25, -0.2) is 4.79 Å². The molecule has 1 unspecified atom stereocenters. The van der Waals surface area contributed by atoms with Crippen LogP contribution in [-0.2, 0) is 4.79 Å². The van der Waals surface area contributed by atoms with Crippen LogP contribution in [0, 0.1) is 3.57 Å². The second kappa shape index (κ2) is 6.56. The van der Waals surface area contributed by atoms with E-state index in [4.69, 9.17) is 11.6 Å². The summed E-state index contributed by atoms with van der Waals surface area (Å²) in [6, 6.07) is 4.94. The van der Waals surface area contributed by atoms with Crippen LogP contribution in [0.4, 0.5) is 0 Å². The summed E-state index contributed by atoms with van der Waals surface area (Å²) in [5.74, 6) is -1.47. The fourth-order valence-corrected chi connectivity index (χ4v) is 2.46. The van der Waals surface area contributed by atoms with Crippen LogP contribution < -0.4 is 5.32 Å². The van der Waals surface area contributed by atoms with E-state index in [1.54, 1.807) is 12.1 Å². The van der Waals surface area contributed by atoms with E-state index in [1.165, 1.54) is 13.0 Å². The van der Waals surface area contributed by atoms with Crippen LogP contribution in [0.25, 0.3) is 0 Å². The molecule has 0 aliphatic heterocycles. The van der Waals surface area contributed by atoms with Crippen LogP contribution in [0.2, 0.25) is 5.02 Å². The highest BCUT2D eigenvalue weighted by Gasteiger charge is 2.34. The van der Waals surface area contributed by atoms with Gasteiger partial charge >= 0.3 is 5.97 Å². The minimum absolute atomic E-state index is 0.366. The lowest BCUT2D eigenvalue weighted by atomic mass is 9.96. The fourth-order valence-electron chi connectivity index (χ4n) is 1.71. The minimum atomic E-state index is -1.27. The number of carboxylic acid groups (broad SMARTS) is 1. The molecule has 0 fully saturated rings. The van der Waals surface area contributed by atoms with Gasteiger partial charge in [-0.2, -0.15) is 0 Å². The molecule has 19 heavy (non-hydrogen) atoms. The average Bonchev–Trinajstić information content (AvgIpc) is 2.32. The lowest BCUT2D eigenvalue weighted by molar-refractivity contribution is -0.144. The Morgan fingerprint density at radius 2 is 2.11 bits per heavy atom. The highest BCUT2D eigenvalue weighted by molar-refractivity contribution is 14.1. The molecule has 0 bridgehead atoms. The van der Waals surface area contributed by atoms with Crippen LogP contribution in [0.3, 0.4) is 0 Å². The average molecular weight is 396 g/mol. The Morgan fingerprint density at radius 1 is 1.47 bits per heavy atom. The maximum Gasteiger partial charge on any atom is 0.329 e. The van der Waals surface area contributed by atoms with E-state index in [0.717, 1.165) is 3.57 Å². The van der Waals surface area contributed by atoms with Crippen molar-refractivity contribution >= 4 is 46.1 Å². The van der Waals surface area contributed by atoms with E-state index >= 15 is 0 Å². The normalized spacial score (nSPS) is 13.7. The van der Waals surface area contributed by atoms with Crippen molar-refractivity contribution in [2.24, 2.45) is 0 Å². The number of nitrogens with one attached hydrogen (secondary N) is 1. The molecule has 0 aromatic heterocycles. The molecule has 1 atom stereocenters. The quantitative estimate of drug-likeness (QED) is 0.752. The van der Waals surface area contributed by atoms with E-state index < -0.39 is 17.4 Å². The van der Waals surface area contributed by atoms with Gasteiger partial charge in [-0.05, 0) is 54.1 Å². The summed E-state index contributed by atoms with van der Waals surface area (Å²) in [5, 5.41) is 12.3. The van der Waals surface area contributed by atoms with Crippen molar-refractivity contribution in [3.8, 4) is 0 Å². The van der Waals surface area contributed by atoms with Gasteiger partial charge in [0, 0.05) is 8.59 Å². The zero-order chi connectivity index (χ0) is 14.6. The van der Waals surface area contributed by atoms with E-state index in [-0.39, 0.29) is 0 Å². The molecule has 2 N–H and O–H groups in total. The van der Waals surface area contributed by atoms with Crippen molar-refractivity contribution in [2.75, 3.05) is 0 Å². The first-order valence-corrected chi connectivity index (χ1v) is 7.27. The predicted molar refractivity (Wildman–Crippen MR) is 82.6 cm³/mol. The van der Waals surface area contributed by atoms with Crippen LogP contribution in [0.15, 0.2) is 18.2 Å². The molecule has 0 spiro atoms. The Hall–Kier alpha value is -0.820. The standard InChI is InChI=1S/C13H15ClINO3/c1-3-6-13(2,12(18)19)16-11(17)9-7-8(14)4-5-10(9)15/h4-5,7H,3,6H2,1-2H3,(H,16,17)(H,18,19). The van der Waals surface area contributed by atoms with Gasteiger partial charge in [0.05, 0.1) is 5.56 Å². The van der Waals surface area contributed by atoms with Gasteiger partial charge in [0.25, 0.3) is 5.91 Å². The van der Waals surface area contributed by atoms with Gasteiger partial charge in [-0.1, -0.05) is 24.9 Å². The molecule has 4 nitrogen and oxygen atoms in total. The topological polar surface area (TPSA) is 66.4 Å². The molecule has 1 rings (SSSR count). The third-order valence-electron chi connectivity index (χ3n) is 2.78. The number of carbonyl (C=O) groups excluding carboxylic acids is 1. The summed E-state index contributed by atoms with van der Waals surface area (Å²) < 4.78 is 0.726. The second-order valence-corrected chi connectivity index (χ2v) is 6.06. The van der Waals surface area contributed by atoms with E-state index in [0.29, 0.717) is 23.4 Å². The minimum Gasteiger partial charge on any atom is -0.480 e. The summed E-state index contributed by atoms with van der Waals surface area (Å²) in [7, 11) is 0.